The van der Waals surface area contributed by atoms with Crippen molar-refractivity contribution in [3.63, 3.8) is 0 Å². The van der Waals surface area contributed by atoms with Crippen LogP contribution in [-0.2, 0) is 11.0 Å². The smallest absolute Gasteiger partial charge is 0.416 e. The van der Waals surface area contributed by atoms with Gasteiger partial charge in [-0.1, -0.05) is 6.07 Å². The van der Waals surface area contributed by atoms with E-state index in [0.717, 1.165) is 18.7 Å². The molecule has 0 fully saturated rings. The van der Waals surface area contributed by atoms with Crippen LogP contribution in [0.1, 0.15) is 5.56 Å². The number of carbonyl (C=O) groups is 1. The predicted octanol–water partition coefficient (Wildman–Crippen LogP) is 1.14. The van der Waals surface area contributed by atoms with E-state index in [4.69, 9.17) is 17.0 Å². The van der Waals surface area contributed by atoms with Crippen LogP contribution in [-0.4, -0.2) is 49.7 Å². The Morgan fingerprint density at radius 3 is 2.62 bits per heavy atom. The highest BCUT2D eigenvalue weighted by molar-refractivity contribution is 7.80. The first kappa shape index (κ1) is 20.0. The Balaban J connectivity index is 2.33. The summed E-state index contributed by atoms with van der Waals surface area (Å²) < 4.78 is 42.7. The van der Waals surface area contributed by atoms with Gasteiger partial charge in [0, 0.05) is 13.1 Å². The fraction of sp³-hybridized carbons (Fsp3) is 0.429. The van der Waals surface area contributed by atoms with Crippen molar-refractivity contribution < 1.29 is 22.7 Å². The molecule has 0 saturated carbocycles. The molecule has 0 radical (unpaired) electrons. The second-order valence-electron chi connectivity index (χ2n) is 5.05. The zero-order chi connectivity index (χ0) is 18.2. The van der Waals surface area contributed by atoms with Gasteiger partial charge in [-0.05, 0) is 44.5 Å². The highest BCUT2D eigenvalue weighted by Crippen LogP contribution is 2.31. The maximum Gasteiger partial charge on any atom is 0.416 e. The van der Waals surface area contributed by atoms with Gasteiger partial charge < -0.3 is 15.0 Å². The number of hydrogen-bond acceptors (Lipinski definition) is 4. The molecule has 10 heteroatoms. The standard InChI is InChI=1S/C14H19F3N4O2S/c1-21(2)7-6-18-13(24)20-19-12(22)9-23-11-5-3-4-10(8-11)14(15,16)17/h3-5,8H,6-7,9H2,1-2H3,(H,19,22)(H2,18,20,24). The van der Waals surface area contributed by atoms with Crippen LogP contribution in [0.4, 0.5) is 13.2 Å². The van der Waals surface area contributed by atoms with Crippen molar-refractivity contribution in [1.29, 1.82) is 0 Å². The molecule has 0 heterocycles. The molecule has 6 nitrogen and oxygen atoms in total. The van der Waals surface area contributed by atoms with Crippen LogP contribution in [0.3, 0.4) is 0 Å². The second kappa shape index (κ2) is 9.28. The van der Waals surface area contributed by atoms with E-state index in [1.165, 1.54) is 12.1 Å². The van der Waals surface area contributed by atoms with Gasteiger partial charge in [-0.15, -0.1) is 0 Å². The first-order valence-corrected chi connectivity index (χ1v) is 7.37. The Hall–Kier alpha value is -2.07. The summed E-state index contributed by atoms with van der Waals surface area (Å²) in [4.78, 5) is 13.5. The highest BCUT2D eigenvalue weighted by Gasteiger charge is 2.30. The maximum atomic E-state index is 12.6. The van der Waals surface area contributed by atoms with Crippen LogP contribution in [0.15, 0.2) is 24.3 Å². The number of halogens is 3. The molecular weight excluding hydrogens is 345 g/mol. The first-order valence-electron chi connectivity index (χ1n) is 6.96. The fourth-order valence-corrected chi connectivity index (χ4v) is 1.66. The van der Waals surface area contributed by atoms with Gasteiger partial charge in [-0.2, -0.15) is 13.2 Å². The van der Waals surface area contributed by atoms with Gasteiger partial charge in [0.25, 0.3) is 5.91 Å². The van der Waals surface area contributed by atoms with Gasteiger partial charge in [0.15, 0.2) is 11.7 Å². The molecule has 1 aromatic carbocycles. The summed E-state index contributed by atoms with van der Waals surface area (Å²) in [6.45, 7) is 0.901. The Morgan fingerprint density at radius 2 is 2.00 bits per heavy atom. The number of likely N-dealkylation sites (N-methyl/N-ethyl adjacent to an activating group) is 1. The molecule has 0 aromatic heterocycles. The van der Waals surface area contributed by atoms with Crippen molar-refractivity contribution in [2.24, 2.45) is 0 Å². The van der Waals surface area contributed by atoms with Gasteiger partial charge in [0.2, 0.25) is 0 Å². The largest absolute Gasteiger partial charge is 0.484 e. The summed E-state index contributed by atoms with van der Waals surface area (Å²) in [7, 11) is 3.82. The fourth-order valence-electron chi connectivity index (χ4n) is 1.51. The molecule has 0 aliphatic rings. The Morgan fingerprint density at radius 1 is 1.29 bits per heavy atom. The minimum atomic E-state index is -4.46. The molecule has 0 bridgehead atoms. The number of thiocarbonyl (C=S) groups is 1. The van der Waals surface area contributed by atoms with E-state index < -0.39 is 24.3 Å². The van der Waals surface area contributed by atoms with Crippen LogP contribution < -0.4 is 20.9 Å². The van der Waals surface area contributed by atoms with E-state index in [1.54, 1.807) is 0 Å². The normalized spacial score (nSPS) is 11.1. The number of rotatable bonds is 6. The zero-order valence-corrected chi connectivity index (χ0v) is 14.1. The minimum absolute atomic E-state index is 0.0494. The summed E-state index contributed by atoms with van der Waals surface area (Å²) in [5.74, 6) is -0.629. The van der Waals surface area contributed by atoms with Crippen molar-refractivity contribution in [2.75, 3.05) is 33.8 Å². The topological polar surface area (TPSA) is 65.6 Å². The number of hydrogen-bond donors (Lipinski definition) is 3. The summed E-state index contributed by atoms with van der Waals surface area (Å²) >= 11 is 4.94. The summed E-state index contributed by atoms with van der Waals surface area (Å²) in [5, 5.41) is 3.09. The zero-order valence-electron chi connectivity index (χ0n) is 13.2. The molecule has 0 atom stereocenters. The summed E-state index contributed by atoms with van der Waals surface area (Å²) in [5.41, 5.74) is 3.91. The van der Waals surface area contributed by atoms with Gasteiger partial charge in [0.1, 0.15) is 5.75 Å². The summed E-state index contributed by atoms with van der Waals surface area (Å²) in [6.07, 6.45) is -4.46. The van der Waals surface area contributed by atoms with E-state index in [2.05, 4.69) is 16.2 Å². The number of alkyl halides is 3. The number of carbonyl (C=O) groups excluding carboxylic acids is 1. The molecule has 134 valence electrons. The lowest BCUT2D eigenvalue weighted by Gasteiger charge is -2.14. The molecule has 0 aliphatic heterocycles. The quantitative estimate of drug-likeness (QED) is 0.520. The van der Waals surface area contributed by atoms with Crippen molar-refractivity contribution in [2.45, 2.75) is 6.18 Å². The lowest BCUT2D eigenvalue weighted by atomic mass is 10.2. The van der Waals surface area contributed by atoms with Crippen LogP contribution in [0.2, 0.25) is 0 Å². The lowest BCUT2D eigenvalue weighted by molar-refractivity contribution is -0.137. The van der Waals surface area contributed by atoms with Gasteiger partial charge >= 0.3 is 6.18 Å². The third kappa shape index (κ3) is 7.97. The van der Waals surface area contributed by atoms with E-state index in [9.17, 15) is 18.0 Å². The highest BCUT2D eigenvalue weighted by atomic mass is 32.1. The molecule has 1 rings (SSSR count). The third-order valence-electron chi connectivity index (χ3n) is 2.69. The Kier molecular flexibility index (Phi) is 7.72. The number of ether oxygens (including phenoxy) is 1. The average Bonchev–Trinajstić information content (AvgIpc) is 2.50. The second-order valence-corrected chi connectivity index (χ2v) is 5.45. The Labute approximate surface area is 143 Å². The maximum absolute atomic E-state index is 12.6. The average molecular weight is 364 g/mol. The van der Waals surface area contributed by atoms with Crippen LogP contribution in [0, 0.1) is 0 Å². The number of amides is 1. The van der Waals surface area contributed by atoms with Crippen LogP contribution in [0.25, 0.3) is 0 Å². The van der Waals surface area contributed by atoms with Crippen molar-refractivity contribution in [1.82, 2.24) is 21.1 Å². The van der Waals surface area contributed by atoms with E-state index in [1.807, 2.05) is 19.0 Å². The van der Waals surface area contributed by atoms with Gasteiger partial charge in [-0.25, -0.2) is 0 Å². The van der Waals surface area contributed by atoms with E-state index in [0.29, 0.717) is 6.54 Å². The number of nitrogens with zero attached hydrogens (tertiary/aromatic N) is 1. The van der Waals surface area contributed by atoms with Crippen molar-refractivity contribution in [3.8, 4) is 5.75 Å². The van der Waals surface area contributed by atoms with Gasteiger partial charge in [0.05, 0.1) is 5.56 Å². The molecule has 0 saturated heterocycles. The molecule has 1 aromatic rings. The monoisotopic (exact) mass is 364 g/mol. The van der Waals surface area contributed by atoms with Crippen LogP contribution >= 0.6 is 12.2 Å². The molecule has 24 heavy (non-hydrogen) atoms. The van der Waals surface area contributed by atoms with E-state index >= 15 is 0 Å². The third-order valence-corrected chi connectivity index (χ3v) is 2.94. The van der Waals surface area contributed by atoms with E-state index in [-0.39, 0.29) is 10.9 Å². The molecule has 1 amide bonds. The number of benzene rings is 1. The van der Waals surface area contributed by atoms with Gasteiger partial charge in [-0.3, -0.25) is 15.6 Å². The number of nitrogens with one attached hydrogen (secondary N) is 3. The minimum Gasteiger partial charge on any atom is -0.484 e. The molecule has 0 spiro atoms. The SMILES string of the molecule is CN(C)CCNC(=S)NNC(=O)COc1cccc(C(F)(F)F)c1. The molecule has 0 aliphatic carbocycles. The molecule has 3 N–H and O–H groups in total. The van der Waals surface area contributed by atoms with Crippen LogP contribution in [0.5, 0.6) is 5.75 Å². The lowest BCUT2D eigenvalue weighted by Crippen LogP contribution is -2.49. The first-order chi connectivity index (χ1) is 11.2. The molecule has 0 unspecified atom stereocenters. The van der Waals surface area contributed by atoms with Crippen molar-refractivity contribution in [3.05, 3.63) is 29.8 Å². The summed E-state index contributed by atoms with van der Waals surface area (Å²) in [6, 6.07) is 4.29. The predicted molar refractivity (Wildman–Crippen MR) is 87.4 cm³/mol. The number of hydrazine groups is 1. The molecular formula is C14H19F3N4O2S. The Bertz CT molecular complexity index is 567. The van der Waals surface area contributed by atoms with Crippen molar-refractivity contribution >= 4 is 23.2 Å².